The fraction of sp³-hybridized carbons (Fsp3) is 0.100. The number of carbonyl (C=O) groups excluding carboxylic acids is 1. The van der Waals surface area contributed by atoms with Gasteiger partial charge in [0, 0.05) is 10.9 Å². The summed E-state index contributed by atoms with van der Waals surface area (Å²) in [6.45, 7) is 3.78. The topological polar surface area (TPSA) is 70.0 Å². The number of amides is 1. The van der Waals surface area contributed by atoms with Crippen molar-refractivity contribution >= 4 is 39.5 Å². The first kappa shape index (κ1) is 17.1. The zero-order valence-electron chi connectivity index (χ0n) is 14.9. The minimum Gasteiger partial charge on any atom is -0.278 e. The maximum atomic E-state index is 12.7. The minimum absolute atomic E-state index is 0.284. The number of thiazole rings is 1. The Bertz CT molecular complexity index is 1040. The Morgan fingerprint density at radius 2 is 1.78 bits per heavy atom. The Labute approximate surface area is 160 Å². The summed E-state index contributed by atoms with van der Waals surface area (Å²) in [5.74, 6) is -0.291. The molecule has 0 bridgehead atoms. The van der Waals surface area contributed by atoms with Crippen LogP contribution in [0.1, 0.15) is 12.5 Å². The van der Waals surface area contributed by atoms with Gasteiger partial charge in [-0.05, 0) is 26.0 Å². The zero-order valence-corrected chi connectivity index (χ0v) is 15.7. The van der Waals surface area contributed by atoms with E-state index in [2.05, 4.69) is 20.6 Å². The smallest absolute Gasteiger partial charge is 0.278 e. The number of benzene rings is 2. The maximum Gasteiger partial charge on any atom is 0.303 e. The van der Waals surface area contributed by atoms with E-state index >= 15 is 0 Å². The van der Waals surface area contributed by atoms with Crippen LogP contribution in [0.3, 0.4) is 0 Å². The molecule has 0 aliphatic carbocycles. The standard InChI is InChI=1S/C20H17N5OS/c1-13-8-10-16(11-9-13)22-23-18-14(2)24-25(19(18)26)20-21-17(12-27-20)15-6-4-3-5-7-15/h3-12,22H,1-2H3/b23-18+. The van der Waals surface area contributed by atoms with E-state index in [0.717, 1.165) is 22.5 Å². The van der Waals surface area contributed by atoms with Gasteiger partial charge in [0.1, 0.15) is 0 Å². The summed E-state index contributed by atoms with van der Waals surface area (Å²) in [6, 6.07) is 17.6. The Hall–Kier alpha value is -3.32. The molecule has 0 atom stereocenters. The summed E-state index contributed by atoms with van der Waals surface area (Å²) in [6.07, 6.45) is 0. The number of aryl methyl sites for hydroxylation is 1. The third kappa shape index (κ3) is 3.50. The predicted octanol–water partition coefficient (Wildman–Crippen LogP) is 4.31. The first-order valence-corrected chi connectivity index (χ1v) is 9.31. The van der Waals surface area contributed by atoms with Gasteiger partial charge >= 0.3 is 5.91 Å². The molecule has 1 amide bonds. The summed E-state index contributed by atoms with van der Waals surface area (Å²) in [5.41, 5.74) is 7.55. The van der Waals surface area contributed by atoms with Gasteiger partial charge in [0.25, 0.3) is 0 Å². The highest BCUT2D eigenvalue weighted by molar-refractivity contribution is 7.14. The van der Waals surface area contributed by atoms with Crippen molar-refractivity contribution in [2.75, 3.05) is 10.4 Å². The number of hydrazone groups is 2. The number of nitrogens with zero attached hydrogens (tertiary/aromatic N) is 4. The SMILES string of the molecule is CC1=NN(c2nc(-c3ccccc3)cs2)C(=O)/C1=N/Nc1ccc(C)cc1. The second kappa shape index (κ2) is 7.13. The number of hydrogen-bond donors (Lipinski definition) is 1. The van der Waals surface area contributed by atoms with Crippen molar-refractivity contribution < 1.29 is 4.79 Å². The van der Waals surface area contributed by atoms with Gasteiger partial charge in [-0.15, -0.1) is 11.3 Å². The van der Waals surface area contributed by atoms with Crippen LogP contribution in [0.5, 0.6) is 0 Å². The van der Waals surface area contributed by atoms with Crippen LogP contribution in [0, 0.1) is 6.92 Å². The number of rotatable bonds is 4. The fourth-order valence-corrected chi connectivity index (χ4v) is 3.39. The maximum absolute atomic E-state index is 12.7. The highest BCUT2D eigenvalue weighted by Crippen LogP contribution is 2.29. The third-order valence-corrected chi connectivity index (χ3v) is 4.89. The molecule has 1 N–H and O–H groups in total. The number of hydrogen-bond acceptors (Lipinski definition) is 6. The molecule has 0 unspecified atom stereocenters. The van der Waals surface area contributed by atoms with Crippen LogP contribution in [0.25, 0.3) is 11.3 Å². The molecule has 1 aliphatic rings. The molecule has 2 aromatic carbocycles. The summed E-state index contributed by atoms with van der Waals surface area (Å²) < 4.78 is 0. The Morgan fingerprint density at radius 1 is 1.04 bits per heavy atom. The van der Waals surface area contributed by atoms with E-state index in [1.807, 2.05) is 66.9 Å². The molecule has 0 saturated carbocycles. The predicted molar refractivity (Wildman–Crippen MR) is 110 cm³/mol. The van der Waals surface area contributed by atoms with Gasteiger partial charge in [-0.25, -0.2) is 4.98 Å². The summed E-state index contributed by atoms with van der Waals surface area (Å²) in [5, 5.41) is 12.3. The molecular weight excluding hydrogens is 358 g/mol. The first-order valence-electron chi connectivity index (χ1n) is 8.43. The van der Waals surface area contributed by atoms with Crippen molar-refractivity contribution in [2.24, 2.45) is 10.2 Å². The van der Waals surface area contributed by atoms with Gasteiger partial charge < -0.3 is 0 Å². The quantitative estimate of drug-likeness (QED) is 0.691. The van der Waals surface area contributed by atoms with Crippen molar-refractivity contribution in [1.29, 1.82) is 0 Å². The van der Waals surface area contributed by atoms with Crippen molar-refractivity contribution in [1.82, 2.24) is 4.98 Å². The van der Waals surface area contributed by atoms with Crippen LogP contribution < -0.4 is 10.4 Å². The van der Waals surface area contributed by atoms with Crippen LogP contribution in [-0.2, 0) is 4.79 Å². The highest BCUT2D eigenvalue weighted by Gasteiger charge is 2.32. The van der Waals surface area contributed by atoms with E-state index in [-0.39, 0.29) is 11.6 Å². The molecule has 4 rings (SSSR count). The molecule has 0 fully saturated rings. The molecule has 0 radical (unpaired) electrons. The van der Waals surface area contributed by atoms with Gasteiger partial charge in [-0.2, -0.15) is 15.2 Å². The number of anilines is 2. The van der Waals surface area contributed by atoms with E-state index in [0.29, 0.717) is 10.8 Å². The Balaban J connectivity index is 1.54. The second-order valence-corrected chi connectivity index (χ2v) is 6.96. The molecule has 7 heteroatoms. The van der Waals surface area contributed by atoms with Crippen molar-refractivity contribution in [3.8, 4) is 11.3 Å². The van der Waals surface area contributed by atoms with Gasteiger partial charge in [0.2, 0.25) is 5.13 Å². The average molecular weight is 375 g/mol. The van der Waals surface area contributed by atoms with Crippen LogP contribution in [0.2, 0.25) is 0 Å². The molecule has 1 aromatic heterocycles. The Morgan fingerprint density at radius 3 is 2.52 bits per heavy atom. The average Bonchev–Trinajstić information content (AvgIpc) is 3.27. The molecule has 0 spiro atoms. The van der Waals surface area contributed by atoms with Crippen LogP contribution in [0.15, 0.2) is 70.2 Å². The van der Waals surface area contributed by atoms with Crippen LogP contribution in [-0.4, -0.2) is 22.3 Å². The lowest BCUT2D eigenvalue weighted by Crippen LogP contribution is -2.27. The lowest BCUT2D eigenvalue weighted by molar-refractivity contribution is -0.112. The largest absolute Gasteiger partial charge is 0.303 e. The summed E-state index contributed by atoms with van der Waals surface area (Å²) in [7, 11) is 0. The third-order valence-electron chi connectivity index (χ3n) is 4.08. The zero-order chi connectivity index (χ0) is 18.8. The molecule has 6 nitrogen and oxygen atoms in total. The van der Waals surface area contributed by atoms with Crippen LogP contribution in [0.4, 0.5) is 10.8 Å². The number of aromatic nitrogens is 1. The minimum atomic E-state index is -0.291. The normalized spacial score (nSPS) is 15.3. The monoisotopic (exact) mass is 375 g/mol. The van der Waals surface area contributed by atoms with Crippen LogP contribution >= 0.6 is 11.3 Å². The Kier molecular flexibility index (Phi) is 4.52. The highest BCUT2D eigenvalue weighted by atomic mass is 32.1. The van der Waals surface area contributed by atoms with Crippen molar-refractivity contribution in [2.45, 2.75) is 13.8 Å². The molecule has 1 aliphatic heterocycles. The molecular formula is C20H17N5OS. The van der Waals surface area contributed by atoms with Gasteiger partial charge in [0.15, 0.2) is 5.71 Å². The van der Waals surface area contributed by atoms with Gasteiger partial charge in [-0.3, -0.25) is 10.2 Å². The van der Waals surface area contributed by atoms with E-state index in [9.17, 15) is 4.79 Å². The van der Waals surface area contributed by atoms with E-state index in [4.69, 9.17) is 0 Å². The lowest BCUT2D eigenvalue weighted by Gasteiger charge is -2.06. The molecule has 27 heavy (non-hydrogen) atoms. The van der Waals surface area contributed by atoms with E-state index in [1.165, 1.54) is 16.3 Å². The number of carbonyl (C=O) groups is 1. The van der Waals surface area contributed by atoms with Gasteiger partial charge in [0.05, 0.1) is 17.1 Å². The molecule has 0 saturated heterocycles. The molecule has 134 valence electrons. The van der Waals surface area contributed by atoms with Crippen molar-refractivity contribution in [3.63, 3.8) is 0 Å². The summed E-state index contributed by atoms with van der Waals surface area (Å²) >= 11 is 1.38. The second-order valence-electron chi connectivity index (χ2n) is 6.12. The number of nitrogens with one attached hydrogen (secondary N) is 1. The fourth-order valence-electron chi connectivity index (χ4n) is 2.61. The molecule has 3 aromatic rings. The van der Waals surface area contributed by atoms with Gasteiger partial charge in [-0.1, -0.05) is 48.0 Å². The lowest BCUT2D eigenvalue weighted by atomic mass is 10.2. The molecule has 2 heterocycles. The first-order chi connectivity index (χ1) is 13.1. The summed E-state index contributed by atoms with van der Waals surface area (Å²) in [4.78, 5) is 17.3. The van der Waals surface area contributed by atoms with E-state index < -0.39 is 0 Å². The van der Waals surface area contributed by atoms with Crippen molar-refractivity contribution in [3.05, 3.63) is 65.5 Å². The van der Waals surface area contributed by atoms with E-state index in [1.54, 1.807) is 6.92 Å².